The van der Waals surface area contributed by atoms with Crippen LogP contribution in [0.15, 0.2) is 85.1 Å². The molecule has 4 rings (SSSR count). The Bertz CT molecular complexity index is 1310. The van der Waals surface area contributed by atoms with Crippen LogP contribution in [0.2, 0.25) is 0 Å². The van der Waals surface area contributed by atoms with E-state index in [1.807, 2.05) is 60.8 Å². The Morgan fingerprint density at radius 1 is 0.543 bits per heavy atom. The van der Waals surface area contributed by atoms with Crippen molar-refractivity contribution in [1.82, 2.24) is 4.98 Å². The van der Waals surface area contributed by atoms with Crippen LogP contribution in [-0.2, 0) is 0 Å². The van der Waals surface area contributed by atoms with E-state index in [0.29, 0.717) is 0 Å². The van der Waals surface area contributed by atoms with E-state index in [-0.39, 0.29) is 0 Å². The summed E-state index contributed by atoms with van der Waals surface area (Å²) < 4.78 is 21.7. The third-order valence-electron chi connectivity index (χ3n) is 7.79. The minimum Gasteiger partial charge on any atom is -0.497 e. The van der Waals surface area contributed by atoms with E-state index in [4.69, 9.17) is 24.7 Å². The predicted octanol–water partition coefficient (Wildman–Crippen LogP) is 9.45. The van der Waals surface area contributed by atoms with Crippen molar-refractivity contribution in [2.24, 2.45) is 5.73 Å². The molecular formula is C39H55N3O4. The highest BCUT2D eigenvalue weighted by Gasteiger charge is 2.01. The molecule has 7 heteroatoms. The lowest BCUT2D eigenvalue weighted by Gasteiger charge is -2.09. The molecule has 46 heavy (non-hydrogen) atoms. The molecule has 4 aromatic rings. The molecule has 3 aromatic carbocycles. The van der Waals surface area contributed by atoms with Gasteiger partial charge in [0, 0.05) is 23.8 Å². The van der Waals surface area contributed by atoms with Crippen molar-refractivity contribution >= 4 is 16.6 Å². The quantitative estimate of drug-likeness (QED) is 0.0837. The van der Waals surface area contributed by atoms with Crippen LogP contribution in [0.4, 0.5) is 5.69 Å². The Hall–Kier alpha value is -3.97. The molecule has 1 heterocycles. The van der Waals surface area contributed by atoms with E-state index >= 15 is 0 Å². The number of unbranched alkanes of at least 4 members (excludes halogenated alkanes) is 10. The normalized spacial score (nSPS) is 10.6. The molecule has 0 aliphatic carbocycles. The number of hydrogen-bond acceptors (Lipinski definition) is 7. The van der Waals surface area contributed by atoms with E-state index in [0.717, 1.165) is 74.1 Å². The molecule has 0 saturated heterocycles. The van der Waals surface area contributed by atoms with Crippen LogP contribution in [0.3, 0.4) is 0 Å². The van der Waals surface area contributed by atoms with Gasteiger partial charge in [-0.1, -0.05) is 69.6 Å². The van der Waals surface area contributed by atoms with Gasteiger partial charge in [0.2, 0.25) is 0 Å². The summed E-state index contributed by atoms with van der Waals surface area (Å²) in [4.78, 5) is 4.41. The maximum atomic E-state index is 5.76. The fourth-order valence-corrected chi connectivity index (χ4v) is 5.08. The number of benzene rings is 3. The Morgan fingerprint density at radius 2 is 1.02 bits per heavy atom. The average Bonchev–Trinajstić information content (AvgIpc) is 3.11. The third kappa shape index (κ3) is 14.9. The van der Waals surface area contributed by atoms with Crippen molar-refractivity contribution < 1.29 is 18.9 Å². The first kappa shape index (κ1) is 36.5. The predicted molar refractivity (Wildman–Crippen MR) is 192 cm³/mol. The number of para-hydroxylation sites is 1. The largest absolute Gasteiger partial charge is 0.497 e. The molecule has 0 unspecified atom stereocenters. The summed E-state index contributed by atoms with van der Waals surface area (Å²) in [5, 5.41) is 4.75. The first-order valence-corrected chi connectivity index (χ1v) is 17.0. The number of nitrogens with one attached hydrogen (secondary N) is 1. The zero-order valence-electron chi connectivity index (χ0n) is 28.1. The first-order chi connectivity index (χ1) is 22.7. The number of nitrogens with zero attached hydrogens (tertiary/aromatic N) is 1. The zero-order valence-corrected chi connectivity index (χ0v) is 28.1. The summed E-state index contributed by atoms with van der Waals surface area (Å²) in [5.41, 5.74) is 7.67. The van der Waals surface area contributed by atoms with Crippen LogP contribution >= 0.6 is 0 Å². The molecule has 1 aromatic heterocycles. The SMILES string of the molecule is COc1ccc(OCCCCCCCCN)cc1.COc1ccc(OCCCCCCCCNc2ccnc3ccccc23)cc1. The van der Waals surface area contributed by atoms with Gasteiger partial charge < -0.3 is 30.0 Å². The molecule has 250 valence electrons. The summed E-state index contributed by atoms with van der Waals surface area (Å²) in [6.45, 7) is 3.40. The van der Waals surface area contributed by atoms with Crippen molar-refractivity contribution in [3.8, 4) is 23.0 Å². The fraction of sp³-hybridized carbons (Fsp3) is 0.462. The molecule has 0 amide bonds. The molecule has 0 spiro atoms. The second-order valence-electron chi connectivity index (χ2n) is 11.4. The van der Waals surface area contributed by atoms with Crippen LogP contribution < -0.4 is 30.0 Å². The van der Waals surface area contributed by atoms with Gasteiger partial charge in [0.1, 0.15) is 23.0 Å². The van der Waals surface area contributed by atoms with Gasteiger partial charge in [0.25, 0.3) is 0 Å². The summed E-state index contributed by atoms with van der Waals surface area (Å²) in [5.74, 6) is 3.55. The Labute approximate surface area is 276 Å². The minimum atomic E-state index is 0.781. The maximum absolute atomic E-state index is 5.76. The number of anilines is 1. The van der Waals surface area contributed by atoms with E-state index < -0.39 is 0 Å². The number of aromatic nitrogens is 1. The first-order valence-electron chi connectivity index (χ1n) is 17.0. The van der Waals surface area contributed by atoms with Gasteiger partial charge in [-0.2, -0.15) is 0 Å². The summed E-state index contributed by atoms with van der Waals surface area (Å²) in [6, 6.07) is 25.8. The van der Waals surface area contributed by atoms with Crippen LogP contribution in [0, 0.1) is 0 Å². The Morgan fingerprint density at radius 3 is 1.57 bits per heavy atom. The summed E-state index contributed by atoms with van der Waals surface area (Å²) in [6.07, 6.45) is 16.5. The van der Waals surface area contributed by atoms with Crippen molar-refractivity contribution in [3.63, 3.8) is 0 Å². The summed E-state index contributed by atoms with van der Waals surface area (Å²) >= 11 is 0. The average molecular weight is 630 g/mol. The van der Waals surface area contributed by atoms with Gasteiger partial charge >= 0.3 is 0 Å². The van der Waals surface area contributed by atoms with Gasteiger partial charge in [-0.05, 0) is 92.9 Å². The van der Waals surface area contributed by atoms with Gasteiger partial charge in [0.05, 0.1) is 33.0 Å². The van der Waals surface area contributed by atoms with Gasteiger partial charge in [-0.25, -0.2) is 0 Å². The molecule has 0 aliphatic heterocycles. The maximum Gasteiger partial charge on any atom is 0.119 e. The number of ether oxygens (including phenoxy) is 4. The molecule has 0 bridgehead atoms. The van der Waals surface area contributed by atoms with E-state index in [1.54, 1.807) is 14.2 Å². The van der Waals surface area contributed by atoms with Crippen molar-refractivity contribution in [2.75, 3.05) is 45.8 Å². The number of nitrogens with two attached hydrogens (primary N) is 1. The molecule has 7 nitrogen and oxygen atoms in total. The highest BCUT2D eigenvalue weighted by atomic mass is 16.5. The standard InChI is InChI=1S/C24H30N2O2.C15H25NO2/c1-27-20-12-14-21(15-13-20)28-19-9-5-3-2-4-8-17-25-24-16-18-26-23-11-7-6-10-22(23)24;1-17-14-8-10-15(11-9-14)18-13-7-5-3-2-4-6-12-16/h6-7,10-16,18H,2-5,8-9,17,19H2,1H3,(H,25,26);8-11H,2-7,12-13,16H2,1H3. The zero-order chi connectivity index (χ0) is 32.5. The molecule has 0 aliphatic rings. The van der Waals surface area contributed by atoms with E-state index in [1.165, 1.54) is 68.9 Å². The van der Waals surface area contributed by atoms with Crippen LogP contribution in [-0.4, -0.2) is 45.5 Å². The minimum absolute atomic E-state index is 0.781. The second kappa shape index (κ2) is 23.4. The highest BCUT2D eigenvalue weighted by Crippen LogP contribution is 2.21. The topological polar surface area (TPSA) is 87.9 Å². The second-order valence-corrected chi connectivity index (χ2v) is 11.4. The van der Waals surface area contributed by atoms with E-state index in [9.17, 15) is 0 Å². The van der Waals surface area contributed by atoms with Crippen LogP contribution in [0.5, 0.6) is 23.0 Å². The lowest BCUT2D eigenvalue weighted by molar-refractivity contribution is 0.303. The Kier molecular flexibility index (Phi) is 18.5. The molecule has 0 saturated carbocycles. The number of fused-ring (bicyclic) bond motifs is 1. The number of methoxy groups -OCH3 is 2. The van der Waals surface area contributed by atoms with Gasteiger partial charge in [-0.15, -0.1) is 0 Å². The monoisotopic (exact) mass is 629 g/mol. The lowest BCUT2D eigenvalue weighted by Crippen LogP contribution is -2.02. The number of pyridine rings is 1. The smallest absolute Gasteiger partial charge is 0.119 e. The van der Waals surface area contributed by atoms with Crippen molar-refractivity contribution in [3.05, 3.63) is 85.1 Å². The van der Waals surface area contributed by atoms with Crippen LogP contribution in [0.1, 0.15) is 77.0 Å². The molecule has 3 N–H and O–H groups in total. The highest BCUT2D eigenvalue weighted by molar-refractivity contribution is 5.90. The van der Waals surface area contributed by atoms with Gasteiger partial charge in [0.15, 0.2) is 0 Å². The molecule has 0 atom stereocenters. The molecule has 0 fully saturated rings. The van der Waals surface area contributed by atoms with Gasteiger partial charge in [-0.3, -0.25) is 4.98 Å². The van der Waals surface area contributed by atoms with Crippen molar-refractivity contribution in [1.29, 1.82) is 0 Å². The fourth-order valence-electron chi connectivity index (χ4n) is 5.08. The number of rotatable bonds is 22. The van der Waals surface area contributed by atoms with Crippen molar-refractivity contribution in [2.45, 2.75) is 77.0 Å². The number of hydrogen-bond donors (Lipinski definition) is 2. The summed E-state index contributed by atoms with van der Waals surface area (Å²) in [7, 11) is 3.34. The molecular weight excluding hydrogens is 574 g/mol. The Balaban J connectivity index is 0.000000277. The van der Waals surface area contributed by atoms with Crippen LogP contribution in [0.25, 0.3) is 10.9 Å². The van der Waals surface area contributed by atoms with E-state index in [2.05, 4.69) is 34.6 Å². The lowest BCUT2D eigenvalue weighted by atomic mass is 10.1. The third-order valence-corrected chi connectivity index (χ3v) is 7.79. The molecule has 0 radical (unpaired) electrons.